The summed E-state index contributed by atoms with van der Waals surface area (Å²) >= 11 is 1.09. The first-order valence-corrected chi connectivity index (χ1v) is 14.6. The highest BCUT2D eigenvalue weighted by Gasteiger charge is 2.32. The van der Waals surface area contributed by atoms with Gasteiger partial charge >= 0.3 is 0 Å². The van der Waals surface area contributed by atoms with Gasteiger partial charge in [0, 0.05) is 18.7 Å². The zero-order valence-corrected chi connectivity index (χ0v) is 21.9. The van der Waals surface area contributed by atoms with Crippen LogP contribution in [0.4, 0.5) is 0 Å². The minimum absolute atomic E-state index is 0.0668. The van der Waals surface area contributed by atoms with E-state index in [1.165, 1.54) is 40.7 Å². The van der Waals surface area contributed by atoms with Crippen LogP contribution in [0.5, 0.6) is 0 Å². The molecule has 1 amide bonds. The van der Waals surface area contributed by atoms with Crippen molar-refractivity contribution in [3.05, 3.63) is 52.8 Å². The highest BCUT2D eigenvalue weighted by molar-refractivity contribution is 7.89. The standard InChI is InChI=1S/C23H24N4O6S3/c1-4-11-27-20-10-9-19(35(24,29)30)12-21(20)34-23(27)25-22(28)17-5-7-18(8-6-17)36(31,32)26-13-15(2)33-16(3)14-26/h1,5-10,12,15-16H,11,13-14H2,2-3H3,(H2,24,29,30). The summed E-state index contributed by atoms with van der Waals surface area (Å²) in [5.41, 5.74) is 0.792. The molecule has 1 aliphatic heterocycles. The molecule has 2 heterocycles. The van der Waals surface area contributed by atoms with E-state index in [2.05, 4.69) is 10.9 Å². The maximum Gasteiger partial charge on any atom is 0.279 e. The minimum Gasteiger partial charge on any atom is -0.373 e. The Morgan fingerprint density at radius 3 is 2.31 bits per heavy atom. The molecule has 2 unspecified atom stereocenters. The van der Waals surface area contributed by atoms with E-state index >= 15 is 0 Å². The van der Waals surface area contributed by atoms with Crippen LogP contribution in [-0.4, -0.2) is 56.9 Å². The zero-order valence-electron chi connectivity index (χ0n) is 19.5. The molecule has 1 aromatic heterocycles. The summed E-state index contributed by atoms with van der Waals surface area (Å²) in [7, 11) is -7.66. The van der Waals surface area contributed by atoms with Crippen LogP contribution in [0.3, 0.4) is 0 Å². The summed E-state index contributed by atoms with van der Waals surface area (Å²) in [6, 6.07) is 9.88. The lowest BCUT2D eigenvalue weighted by Crippen LogP contribution is -2.48. The van der Waals surface area contributed by atoms with Crippen molar-refractivity contribution in [3.8, 4) is 12.3 Å². The number of nitrogens with two attached hydrogens (primary N) is 1. The number of rotatable bonds is 5. The lowest BCUT2D eigenvalue weighted by Gasteiger charge is -2.34. The average molecular weight is 549 g/mol. The minimum atomic E-state index is -3.91. The Labute approximate surface area is 213 Å². The molecule has 1 fully saturated rings. The second kappa shape index (κ2) is 9.89. The number of ether oxygens (including phenoxy) is 1. The van der Waals surface area contributed by atoms with Crippen LogP contribution in [0.25, 0.3) is 10.2 Å². The van der Waals surface area contributed by atoms with Gasteiger partial charge in [0.2, 0.25) is 20.0 Å². The number of hydrogen-bond acceptors (Lipinski definition) is 7. The van der Waals surface area contributed by atoms with Gasteiger partial charge in [-0.25, -0.2) is 22.0 Å². The van der Waals surface area contributed by atoms with E-state index in [0.29, 0.717) is 10.2 Å². The number of terminal acetylenes is 1. The number of carbonyl (C=O) groups excluding carboxylic acids is 1. The summed E-state index contributed by atoms with van der Waals surface area (Å²) in [4.78, 5) is 17.3. The molecule has 190 valence electrons. The lowest BCUT2D eigenvalue weighted by molar-refractivity contribution is -0.0440. The van der Waals surface area contributed by atoms with E-state index in [-0.39, 0.29) is 52.0 Å². The van der Waals surface area contributed by atoms with Crippen LogP contribution < -0.4 is 9.94 Å². The second-order valence-corrected chi connectivity index (χ2v) is 12.9. The van der Waals surface area contributed by atoms with Crippen molar-refractivity contribution in [2.24, 2.45) is 10.1 Å². The second-order valence-electron chi connectivity index (χ2n) is 8.37. The van der Waals surface area contributed by atoms with Gasteiger partial charge in [0.1, 0.15) is 0 Å². The molecule has 13 heteroatoms. The Kier molecular flexibility index (Phi) is 7.20. The number of hydrogen-bond donors (Lipinski definition) is 1. The summed E-state index contributed by atoms with van der Waals surface area (Å²) in [6.07, 6.45) is 5.04. The monoisotopic (exact) mass is 548 g/mol. The molecule has 4 rings (SSSR count). The number of primary sulfonamides is 1. The maximum absolute atomic E-state index is 13.1. The van der Waals surface area contributed by atoms with Gasteiger partial charge in [0.25, 0.3) is 5.91 Å². The van der Waals surface area contributed by atoms with Crippen molar-refractivity contribution >= 4 is 47.5 Å². The van der Waals surface area contributed by atoms with Crippen molar-refractivity contribution in [2.45, 2.75) is 42.4 Å². The van der Waals surface area contributed by atoms with Gasteiger partial charge in [0.15, 0.2) is 4.80 Å². The van der Waals surface area contributed by atoms with Gasteiger partial charge < -0.3 is 9.30 Å². The largest absolute Gasteiger partial charge is 0.373 e. The first-order valence-electron chi connectivity index (χ1n) is 10.8. The SMILES string of the molecule is C#CCn1c(=NC(=O)c2ccc(S(=O)(=O)N3CC(C)OC(C)C3)cc2)sc2cc(S(N)(=O)=O)ccc21. The number of benzene rings is 2. The first kappa shape index (κ1) is 26.2. The van der Waals surface area contributed by atoms with Crippen molar-refractivity contribution < 1.29 is 26.4 Å². The molecule has 2 atom stereocenters. The first-order chi connectivity index (χ1) is 16.9. The molecule has 2 aromatic carbocycles. The molecule has 3 aromatic rings. The normalized spacial score (nSPS) is 19.9. The van der Waals surface area contributed by atoms with E-state index < -0.39 is 26.0 Å². The molecule has 0 bridgehead atoms. The van der Waals surface area contributed by atoms with Gasteiger partial charge in [-0.1, -0.05) is 17.3 Å². The third-order valence-electron chi connectivity index (χ3n) is 5.55. The number of carbonyl (C=O) groups is 1. The van der Waals surface area contributed by atoms with Gasteiger partial charge in [-0.05, 0) is 56.3 Å². The number of morpholine rings is 1. The van der Waals surface area contributed by atoms with Gasteiger partial charge in [-0.2, -0.15) is 9.30 Å². The number of thiazole rings is 1. The van der Waals surface area contributed by atoms with E-state index in [4.69, 9.17) is 16.3 Å². The van der Waals surface area contributed by atoms with Crippen LogP contribution in [-0.2, 0) is 31.3 Å². The van der Waals surface area contributed by atoms with Crippen molar-refractivity contribution in [3.63, 3.8) is 0 Å². The Balaban J connectivity index is 1.67. The molecule has 0 saturated carbocycles. The molecule has 0 radical (unpaired) electrons. The van der Waals surface area contributed by atoms with Gasteiger partial charge in [0.05, 0.1) is 38.8 Å². The van der Waals surface area contributed by atoms with Crippen molar-refractivity contribution in [2.75, 3.05) is 13.1 Å². The lowest BCUT2D eigenvalue weighted by atomic mass is 10.2. The predicted octanol–water partition coefficient (Wildman–Crippen LogP) is 1.52. The summed E-state index contributed by atoms with van der Waals surface area (Å²) in [6.45, 7) is 4.23. The van der Waals surface area contributed by atoms with Crippen molar-refractivity contribution in [1.29, 1.82) is 0 Å². The molecular weight excluding hydrogens is 524 g/mol. The maximum atomic E-state index is 13.1. The number of nitrogens with zero attached hydrogens (tertiary/aromatic N) is 3. The van der Waals surface area contributed by atoms with Gasteiger partial charge in [-0.3, -0.25) is 4.79 Å². The molecule has 36 heavy (non-hydrogen) atoms. The van der Waals surface area contributed by atoms with Crippen LogP contribution in [0.15, 0.2) is 57.2 Å². The van der Waals surface area contributed by atoms with Crippen LogP contribution in [0.1, 0.15) is 24.2 Å². The predicted molar refractivity (Wildman–Crippen MR) is 135 cm³/mol. The summed E-state index contributed by atoms with van der Waals surface area (Å²) < 4.78 is 58.7. The summed E-state index contributed by atoms with van der Waals surface area (Å²) in [5, 5.41) is 5.22. The van der Waals surface area contributed by atoms with Crippen LogP contribution >= 0.6 is 11.3 Å². The highest BCUT2D eigenvalue weighted by atomic mass is 32.2. The smallest absolute Gasteiger partial charge is 0.279 e. The molecular formula is C23H24N4O6S3. The van der Waals surface area contributed by atoms with E-state index in [9.17, 15) is 21.6 Å². The Hall–Kier alpha value is -2.86. The fourth-order valence-electron chi connectivity index (χ4n) is 3.96. The average Bonchev–Trinajstić information content (AvgIpc) is 3.14. The molecule has 2 N–H and O–H groups in total. The third kappa shape index (κ3) is 5.29. The Morgan fingerprint density at radius 1 is 1.11 bits per heavy atom. The Morgan fingerprint density at radius 2 is 1.72 bits per heavy atom. The fraction of sp³-hybridized carbons (Fsp3) is 0.304. The van der Waals surface area contributed by atoms with E-state index in [0.717, 1.165) is 11.3 Å². The third-order valence-corrected chi connectivity index (χ3v) is 9.35. The quantitative estimate of drug-likeness (QED) is 0.479. The molecule has 0 spiro atoms. The number of aromatic nitrogens is 1. The zero-order chi connectivity index (χ0) is 26.3. The summed E-state index contributed by atoms with van der Waals surface area (Å²) in [5.74, 6) is 1.90. The molecule has 1 saturated heterocycles. The Bertz CT molecular complexity index is 1640. The topological polar surface area (TPSA) is 141 Å². The van der Waals surface area contributed by atoms with E-state index in [1.807, 2.05) is 13.8 Å². The van der Waals surface area contributed by atoms with Crippen molar-refractivity contribution in [1.82, 2.24) is 8.87 Å². The number of sulfonamides is 2. The molecule has 0 aliphatic carbocycles. The molecule has 1 aliphatic rings. The highest BCUT2D eigenvalue weighted by Crippen LogP contribution is 2.23. The number of amides is 1. The van der Waals surface area contributed by atoms with E-state index in [1.54, 1.807) is 10.6 Å². The van der Waals surface area contributed by atoms with Crippen LogP contribution in [0.2, 0.25) is 0 Å². The van der Waals surface area contributed by atoms with Gasteiger partial charge in [-0.15, -0.1) is 6.42 Å². The van der Waals surface area contributed by atoms with Crippen LogP contribution in [0, 0.1) is 12.3 Å². The number of fused-ring (bicyclic) bond motifs is 1. The fourth-order valence-corrected chi connectivity index (χ4v) is 7.23. The molecule has 10 nitrogen and oxygen atoms in total.